The molecule has 0 atom stereocenters. The third-order valence-corrected chi connectivity index (χ3v) is 4.22. The molecule has 1 N–H and O–H groups in total. The molecule has 0 bridgehead atoms. The molecule has 1 amide bonds. The number of benzene rings is 2. The fourth-order valence-electron chi connectivity index (χ4n) is 2.72. The lowest BCUT2D eigenvalue weighted by molar-refractivity contribution is 0.251. The van der Waals surface area contributed by atoms with E-state index in [0.717, 1.165) is 42.3 Å². The second-order valence-electron chi connectivity index (χ2n) is 5.77. The lowest BCUT2D eigenvalue weighted by Gasteiger charge is -2.05. The first-order valence-corrected chi connectivity index (χ1v) is 8.60. The number of aryl methyl sites for hydroxylation is 1. The summed E-state index contributed by atoms with van der Waals surface area (Å²) in [4.78, 5) is 12.6. The molecule has 0 saturated heterocycles. The van der Waals surface area contributed by atoms with Gasteiger partial charge in [-0.3, -0.25) is 0 Å². The highest BCUT2D eigenvalue weighted by Crippen LogP contribution is 2.21. The van der Waals surface area contributed by atoms with E-state index in [-0.39, 0.29) is 6.03 Å². The number of nitrogens with zero attached hydrogens (tertiary/aromatic N) is 2. The number of aromatic nitrogens is 2. The first-order valence-electron chi connectivity index (χ1n) is 8.22. The summed E-state index contributed by atoms with van der Waals surface area (Å²) in [5.74, 6) is 0. The average molecular weight is 342 g/mol. The van der Waals surface area contributed by atoms with Gasteiger partial charge >= 0.3 is 6.03 Å². The van der Waals surface area contributed by atoms with Crippen LogP contribution in [0.15, 0.2) is 48.5 Å². The Hall–Kier alpha value is -2.33. The van der Waals surface area contributed by atoms with Crippen molar-refractivity contribution in [1.82, 2.24) is 9.78 Å². The van der Waals surface area contributed by atoms with Crippen molar-refractivity contribution in [2.45, 2.75) is 32.6 Å². The zero-order chi connectivity index (χ0) is 16.9. The molecule has 3 rings (SSSR count). The molecule has 0 aliphatic rings. The molecular weight excluding hydrogens is 322 g/mol. The van der Waals surface area contributed by atoms with E-state index in [1.807, 2.05) is 24.3 Å². The van der Waals surface area contributed by atoms with Crippen LogP contribution in [0.5, 0.6) is 0 Å². The van der Waals surface area contributed by atoms with Gasteiger partial charge in [-0.25, -0.2) is 4.79 Å². The van der Waals surface area contributed by atoms with E-state index >= 15 is 0 Å². The molecule has 3 aromatic rings. The van der Waals surface area contributed by atoms with Crippen molar-refractivity contribution in [3.63, 3.8) is 0 Å². The SMILES string of the molecule is CCCCCc1nn(C(=O)Nc2ccc(Cl)cc2)c2ccccc12. The van der Waals surface area contributed by atoms with Crippen molar-refractivity contribution in [1.29, 1.82) is 0 Å². The van der Waals surface area contributed by atoms with E-state index < -0.39 is 0 Å². The van der Waals surface area contributed by atoms with Gasteiger partial charge in [-0.2, -0.15) is 9.78 Å². The third kappa shape index (κ3) is 3.60. The van der Waals surface area contributed by atoms with Gasteiger partial charge in [-0.1, -0.05) is 49.6 Å². The third-order valence-electron chi connectivity index (χ3n) is 3.97. The van der Waals surface area contributed by atoms with Crippen molar-refractivity contribution < 1.29 is 4.79 Å². The molecule has 0 aliphatic heterocycles. The summed E-state index contributed by atoms with van der Waals surface area (Å²) in [6.07, 6.45) is 4.29. The summed E-state index contributed by atoms with van der Waals surface area (Å²) in [7, 11) is 0. The van der Waals surface area contributed by atoms with Crippen molar-refractivity contribution in [3.05, 3.63) is 59.2 Å². The molecular formula is C19H20ClN3O. The lowest BCUT2D eigenvalue weighted by Crippen LogP contribution is -2.20. The number of hydrogen-bond donors (Lipinski definition) is 1. The van der Waals surface area contributed by atoms with Crippen LogP contribution in [0.4, 0.5) is 10.5 Å². The minimum absolute atomic E-state index is 0.268. The monoisotopic (exact) mass is 341 g/mol. The highest BCUT2D eigenvalue weighted by Gasteiger charge is 2.15. The Morgan fingerprint density at radius 3 is 2.62 bits per heavy atom. The quantitative estimate of drug-likeness (QED) is 0.622. The number of anilines is 1. The van der Waals surface area contributed by atoms with Crippen LogP contribution in [-0.4, -0.2) is 15.8 Å². The van der Waals surface area contributed by atoms with Crippen LogP contribution >= 0.6 is 11.6 Å². The summed E-state index contributed by atoms with van der Waals surface area (Å²) in [5, 5.41) is 9.09. The van der Waals surface area contributed by atoms with Crippen molar-refractivity contribution >= 4 is 34.2 Å². The molecule has 4 nitrogen and oxygen atoms in total. The number of carbonyl (C=O) groups is 1. The molecule has 0 unspecified atom stereocenters. The maximum Gasteiger partial charge on any atom is 0.347 e. The number of rotatable bonds is 5. The van der Waals surface area contributed by atoms with Crippen LogP contribution in [0.2, 0.25) is 5.02 Å². The Balaban J connectivity index is 1.87. The summed E-state index contributed by atoms with van der Waals surface area (Å²) in [5.41, 5.74) is 2.50. The summed E-state index contributed by atoms with van der Waals surface area (Å²) >= 11 is 5.88. The van der Waals surface area contributed by atoms with E-state index in [2.05, 4.69) is 17.3 Å². The Kier molecular flexibility index (Phi) is 5.16. The van der Waals surface area contributed by atoms with Crippen molar-refractivity contribution in [3.8, 4) is 0 Å². The fourth-order valence-corrected chi connectivity index (χ4v) is 2.85. The van der Waals surface area contributed by atoms with Gasteiger partial charge in [0.1, 0.15) is 0 Å². The van der Waals surface area contributed by atoms with Gasteiger partial charge in [-0.15, -0.1) is 0 Å². The highest BCUT2D eigenvalue weighted by atomic mass is 35.5. The molecule has 0 saturated carbocycles. The minimum Gasteiger partial charge on any atom is -0.306 e. The van der Waals surface area contributed by atoms with Crippen LogP contribution < -0.4 is 5.32 Å². The molecule has 1 aromatic heterocycles. The number of amides is 1. The van der Waals surface area contributed by atoms with Gasteiger partial charge in [0.2, 0.25) is 0 Å². The van der Waals surface area contributed by atoms with Gasteiger partial charge in [0.25, 0.3) is 0 Å². The summed E-state index contributed by atoms with van der Waals surface area (Å²) in [6, 6.07) is 14.6. The van der Waals surface area contributed by atoms with E-state index in [4.69, 9.17) is 11.6 Å². The molecule has 24 heavy (non-hydrogen) atoms. The van der Waals surface area contributed by atoms with Crippen LogP contribution in [0.1, 0.15) is 31.9 Å². The van der Waals surface area contributed by atoms with Crippen molar-refractivity contribution in [2.75, 3.05) is 5.32 Å². The van der Waals surface area contributed by atoms with Gasteiger partial charge in [0.15, 0.2) is 0 Å². The van der Waals surface area contributed by atoms with Gasteiger partial charge in [0, 0.05) is 16.1 Å². The molecule has 0 fully saturated rings. The van der Waals surface area contributed by atoms with Crippen LogP contribution in [0.25, 0.3) is 10.9 Å². The van der Waals surface area contributed by atoms with Crippen LogP contribution in [0, 0.1) is 0 Å². The van der Waals surface area contributed by atoms with Crippen molar-refractivity contribution in [2.24, 2.45) is 0 Å². The highest BCUT2D eigenvalue weighted by molar-refractivity contribution is 6.30. The number of halogens is 1. The molecule has 124 valence electrons. The maximum absolute atomic E-state index is 12.6. The average Bonchev–Trinajstić information content (AvgIpc) is 2.96. The Morgan fingerprint density at radius 1 is 1.12 bits per heavy atom. The van der Waals surface area contributed by atoms with E-state index in [0.29, 0.717) is 10.7 Å². The molecule has 0 aliphatic carbocycles. The summed E-state index contributed by atoms with van der Waals surface area (Å²) in [6.45, 7) is 2.18. The molecule has 0 radical (unpaired) electrons. The Bertz CT molecular complexity index is 839. The number of hydrogen-bond acceptors (Lipinski definition) is 2. The Labute approximate surface area is 146 Å². The predicted octanol–water partition coefficient (Wildman–Crippen LogP) is 5.50. The second kappa shape index (κ2) is 7.49. The van der Waals surface area contributed by atoms with Crippen LogP contribution in [-0.2, 0) is 6.42 Å². The van der Waals surface area contributed by atoms with Gasteiger partial charge in [0.05, 0.1) is 11.2 Å². The van der Waals surface area contributed by atoms with E-state index in [1.165, 1.54) is 4.68 Å². The van der Waals surface area contributed by atoms with E-state index in [9.17, 15) is 4.79 Å². The van der Waals surface area contributed by atoms with E-state index in [1.54, 1.807) is 24.3 Å². The van der Waals surface area contributed by atoms with Gasteiger partial charge < -0.3 is 5.32 Å². The lowest BCUT2D eigenvalue weighted by atomic mass is 10.1. The zero-order valence-corrected chi connectivity index (χ0v) is 14.4. The maximum atomic E-state index is 12.6. The predicted molar refractivity (Wildman–Crippen MR) is 98.8 cm³/mol. The smallest absolute Gasteiger partial charge is 0.306 e. The fraction of sp³-hybridized carbons (Fsp3) is 0.263. The largest absolute Gasteiger partial charge is 0.347 e. The second-order valence-corrected chi connectivity index (χ2v) is 6.21. The molecule has 5 heteroatoms. The number of carbonyl (C=O) groups excluding carboxylic acids is 1. The Morgan fingerprint density at radius 2 is 1.88 bits per heavy atom. The zero-order valence-electron chi connectivity index (χ0n) is 13.6. The minimum atomic E-state index is -0.268. The normalized spacial score (nSPS) is 10.9. The first-order chi connectivity index (χ1) is 11.7. The topological polar surface area (TPSA) is 46.9 Å². The standard InChI is InChI=1S/C19H20ClN3O/c1-2-3-4-8-17-16-7-5-6-9-18(16)23(22-17)19(24)21-15-12-10-14(20)11-13-15/h5-7,9-13H,2-4,8H2,1H3,(H,21,24). The van der Waals surface area contributed by atoms with Gasteiger partial charge in [-0.05, 0) is 43.2 Å². The first kappa shape index (κ1) is 16.5. The summed E-state index contributed by atoms with van der Waals surface area (Å²) < 4.78 is 1.45. The number of unbranched alkanes of at least 4 members (excludes halogenated alkanes) is 2. The molecule has 2 aromatic carbocycles. The number of para-hydroxylation sites is 1. The molecule has 1 heterocycles. The van der Waals surface area contributed by atoms with Crippen LogP contribution in [0.3, 0.4) is 0 Å². The number of nitrogens with one attached hydrogen (secondary N) is 1. The molecule has 0 spiro atoms. The number of fused-ring (bicyclic) bond motifs is 1.